The molecule has 0 aliphatic heterocycles. The second-order valence-electron chi connectivity index (χ2n) is 5.34. The Bertz CT molecular complexity index is 918. The van der Waals surface area contributed by atoms with Gasteiger partial charge in [0.05, 0.1) is 4.88 Å². The highest BCUT2D eigenvalue weighted by atomic mass is 32.1. The molecule has 3 aromatic rings. The van der Waals surface area contributed by atoms with Crippen molar-refractivity contribution in [1.29, 1.82) is 0 Å². The van der Waals surface area contributed by atoms with Gasteiger partial charge in [0.15, 0.2) is 0 Å². The fraction of sp³-hybridized carbons (Fsp3) is 0.111. The minimum atomic E-state index is -0.334. The molecular formula is C18H15FN2O2S. The van der Waals surface area contributed by atoms with Crippen molar-refractivity contribution in [2.75, 3.05) is 17.3 Å². The minimum absolute atomic E-state index is 0.0703. The number of nitrogens with zero attached hydrogens (tertiary/aromatic N) is 1. The first-order valence-corrected chi connectivity index (χ1v) is 8.11. The van der Waals surface area contributed by atoms with Crippen molar-refractivity contribution in [3.05, 3.63) is 59.2 Å². The molecule has 2 amide bonds. The maximum absolute atomic E-state index is 13.7. The van der Waals surface area contributed by atoms with Gasteiger partial charge in [0.2, 0.25) is 5.91 Å². The molecule has 1 aromatic heterocycles. The summed E-state index contributed by atoms with van der Waals surface area (Å²) >= 11 is 1.25. The zero-order valence-electron chi connectivity index (χ0n) is 13.2. The molecule has 0 saturated heterocycles. The lowest BCUT2D eigenvalue weighted by atomic mass is 10.2. The van der Waals surface area contributed by atoms with Gasteiger partial charge in [0.25, 0.3) is 5.91 Å². The van der Waals surface area contributed by atoms with Crippen molar-refractivity contribution in [3.63, 3.8) is 0 Å². The number of thiophene rings is 1. The van der Waals surface area contributed by atoms with Gasteiger partial charge < -0.3 is 10.2 Å². The minimum Gasteiger partial charge on any atom is -0.321 e. The molecule has 0 atom stereocenters. The summed E-state index contributed by atoms with van der Waals surface area (Å²) in [6, 6.07) is 13.3. The summed E-state index contributed by atoms with van der Waals surface area (Å²) in [4.78, 5) is 25.6. The number of carbonyl (C=O) groups is 2. The van der Waals surface area contributed by atoms with Crippen LogP contribution in [0.4, 0.5) is 15.8 Å². The van der Waals surface area contributed by atoms with Gasteiger partial charge in [-0.15, -0.1) is 11.3 Å². The molecule has 2 aromatic carbocycles. The van der Waals surface area contributed by atoms with E-state index in [0.29, 0.717) is 16.0 Å². The lowest BCUT2D eigenvalue weighted by Crippen LogP contribution is -2.22. The van der Waals surface area contributed by atoms with Gasteiger partial charge in [-0.2, -0.15) is 0 Å². The normalized spacial score (nSPS) is 10.6. The summed E-state index contributed by atoms with van der Waals surface area (Å²) in [6.07, 6.45) is 0. The number of anilines is 2. The first-order valence-electron chi connectivity index (χ1n) is 7.29. The standard InChI is InChI=1S/C18H15FN2O2S/c1-11(22)21(2)13-8-6-12(7-9-13)20-18(23)17-10-14-15(19)4-3-5-16(14)24-17/h3-10H,1-2H3,(H,20,23). The number of hydrogen-bond acceptors (Lipinski definition) is 3. The number of hydrogen-bond donors (Lipinski definition) is 1. The fourth-order valence-electron chi connectivity index (χ4n) is 2.28. The summed E-state index contributed by atoms with van der Waals surface area (Å²) in [5.74, 6) is -0.693. The summed E-state index contributed by atoms with van der Waals surface area (Å²) < 4.78 is 14.5. The Morgan fingerprint density at radius 3 is 2.46 bits per heavy atom. The van der Waals surface area contributed by atoms with E-state index in [0.717, 1.165) is 10.4 Å². The summed E-state index contributed by atoms with van der Waals surface area (Å²) in [7, 11) is 1.68. The smallest absolute Gasteiger partial charge is 0.265 e. The van der Waals surface area contributed by atoms with E-state index in [-0.39, 0.29) is 17.6 Å². The van der Waals surface area contributed by atoms with Gasteiger partial charge in [-0.25, -0.2) is 4.39 Å². The van der Waals surface area contributed by atoms with Crippen LogP contribution in [0.1, 0.15) is 16.6 Å². The fourth-order valence-corrected chi connectivity index (χ4v) is 3.25. The lowest BCUT2D eigenvalue weighted by Gasteiger charge is -2.15. The molecule has 1 N–H and O–H groups in total. The first-order chi connectivity index (χ1) is 11.5. The molecule has 0 fully saturated rings. The number of rotatable bonds is 3. The number of fused-ring (bicyclic) bond motifs is 1. The van der Waals surface area contributed by atoms with Gasteiger partial charge >= 0.3 is 0 Å². The zero-order valence-corrected chi connectivity index (χ0v) is 14.0. The molecule has 4 nitrogen and oxygen atoms in total. The summed E-state index contributed by atoms with van der Waals surface area (Å²) in [6.45, 7) is 1.48. The highest BCUT2D eigenvalue weighted by Crippen LogP contribution is 2.28. The maximum atomic E-state index is 13.7. The van der Waals surface area contributed by atoms with Crippen molar-refractivity contribution in [2.45, 2.75) is 6.92 Å². The number of nitrogens with one attached hydrogen (secondary N) is 1. The topological polar surface area (TPSA) is 49.4 Å². The molecule has 3 rings (SSSR count). The molecular weight excluding hydrogens is 327 g/mol. The van der Waals surface area contributed by atoms with Crippen LogP contribution in [0, 0.1) is 5.82 Å². The Morgan fingerprint density at radius 1 is 1.12 bits per heavy atom. The van der Waals surface area contributed by atoms with Crippen molar-refractivity contribution < 1.29 is 14.0 Å². The molecule has 0 spiro atoms. The third kappa shape index (κ3) is 3.14. The highest BCUT2D eigenvalue weighted by Gasteiger charge is 2.13. The van der Waals surface area contributed by atoms with E-state index < -0.39 is 0 Å². The predicted octanol–water partition coefficient (Wildman–Crippen LogP) is 4.28. The Kier molecular flexibility index (Phi) is 4.31. The second kappa shape index (κ2) is 6.41. The Balaban J connectivity index is 1.78. The number of halogens is 1. The Morgan fingerprint density at radius 2 is 1.83 bits per heavy atom. The number of amides is 2. The average Bonchev–Trinajstić information content (AvgIpc) is 3.00. The lowest BCUT2D eigenvalue weighted by molar-refractivity contribution is -0.116. The van der Waals surface area contributed by atoms with Crippen molar-refractivity contribution in [2.24, 2.45) is 0 Å². The van der Waals surface area contributed by atoms with Crippen LogP contribution in [0.25, 0.3) is 10.1 Å². The molecule has 0 radical (unpaired) electrons. The zero-order chi connectivity index (χ0) is 17.3. The molecule has 0 bridgehead atoms. The van der Waals surface area contributed by atoms with Gasteiger partial charge in [0, 0.05) is 35.4 Å². The largest absolute Gasteiger partial charge is 0.321 e. The molecule has 24 heavy (non-hydrogen) atoms. The van der Waals surface area contributed by atoms with Crippen molar-refractivity contribution in [3.8, 4) is 0 Å². The van der Waals surface area contributed by atoms with Crippen LogP contribution in [0.3, 0.4) is 0 Å². The molecule has 1 heterocycles. The van der Waals surface area contributed by atoms with Crippen LogP contribution in [-0.4, -0.2) is 18.9 Å². The Labute approximate surface area is 142 Å². The van der Waals surface area contributed by atoms with Gasteiger partial charge in [-0.05, 0) is 42.5 Å². The predicted molar refractivity (Wildman–Crippen MR) is 95.3 cm³/mol. The highest BCUT2D eigenvalue weighted by molar-refractivity contribution is 7.20. The summed E-state index contributed by atoms with van der Waals surface area (Å²) in [5, 5.41) is 3.23. The number of benzene rings is 2. The van der Waals surface area contributed by atoms with Gasteiger partial charge in [-0.1, -0.05) is 6.07 Å². The molecule has 122 valence electrons. The molecule has 0 aliphatic carbocycles. The molecule has 0 unspecified atom stereocenters. The maximum Gasteiger partial charge on any atom is 0.265 e. The van der Waals surface area contributed by atoms with Crippen LogP contribution >= 0.6 is 11.3 Å². The van der Waals surface area contributed by atoms with E-state index in [1.54, 1.807) is 49.5 Å². The SMILES string of the molecule is CC(=O)N(C)c1ccc(NC(=O)c2cc3c(F)cccc3s2)cc1. The van der Waals surface area contributed by atoms with E-state index in [1.165, 1.54) is 29.2 Å². The van der Waals surface area contributed by atoms with Gasteiger partial charge in [0.1, 0.15) is 5.82 Å². The van der Waals surface area contributed by atoms with E-state index in [4.69, 9.17) is 0 Å². The Hall–Kier alpha value is -2.73. The quantitative estimate of drug-likeness (QED) is 0.772. The second-order valence-corrected chi connectivity index (χ2v) is 6.43. The molecule has 0 saturated carbocycles. The van der Waals surface area contributed by atoms with E-state index in [2.05, 4.69) is 5.32 Å². The third-order valence-electron chi connectivity index (χ3n) is 3.72. The summed E-state index contributed by atoms with van der Waals surface area (Å²) in [5.41, 5.74) is 1.35. The van der Waals surface area contributed by atoms with Crippen molar-refractivity contribution >= 4 is 44.6 Å². The van der Waals surface area contributed by atoms with Crippen LogP contribution in [0.2, 0.25) is 0 Å². The van der Waals surface area contributed by atoms with Gasteiger partial charge in [-0.3, -0.25) is 9.59 Å². The first kappa shape index (κ1) is 16.1. The number of carbonyl (C=O) groups excluding carboxylic acids is 2. The van der Waals surface area contributed by atoms with Crippen molar-refractivity contribution in [1.82, 2.24) is 0 Å². The van der Waals surface area contributed by atoms with E-state index >= 15 is 0 Å². The van der Waals surface area contributed by atoms with Crippen LogP contribution in [0.5, 0.6) is 0 Å². The average molecular weight is 342 g/mol. The monoisotopic (exact) mass is 342 g/mol. The van der Waals surface area contributed by atoms with Crippen LogP contribution in [0.15, 0.2) is 48.5 Å². The van der Waals surface area contributed by atoms with E-state index in [9.17, 15) is 14.0 Å². The molecule has 0 aliphatic rings. The van der Waals surface area contributed by atoms with E-state index in [1.807, 2.05) is 0 Å². The van der Waals surface area contributed by atoms with Crippen LogP contribution in [-0.2, 0) is 4.79 Å². The van der Waals surface area contributed by atoms with Crippen LogP contribution < -0.4 is 10.2 Å². The molecule has 6 heteroatoms. The third-order valence-corrected chi connectivity index (χ3v) is 4.82.